The number of likely N-dealkylation sites (N-methyl/N-ethyl adjacent to an activating group) is 1. The predicted octanol–water partition coefficient (Wildman–Crippen LogP) is 2.66. The van der Waals surface area contributed by atoms with E-state index in [2.05, 4.69) is 24.1 Å². The van der Waals surface area contributed by atoms with Gasteiger partial charge in [0, 0.05) is 6.04 Å². The molecule has 3 nitrogen and oxygen atoms in total. The van der Waals surface area contributed by atoms with E-state index in [1.54, 1.807) is 0 Å². The summed E-state index contributed by atoms with van der Waals surface area (Å²) in [5.74, 6) is 2.79. The first-order valence-electron chi connectivity index (χ1n) is 8.08. The number of carbonyl (C=O) groups is 1. The Kier molecular flexibility index (Phi) is 5.26. The molecule has 1 amide bonds. The number of hydrogen-bond donors (Lipinski definition) is 1. The standard InChI is InChI=1S/C16H30N2O/c1-4-5-8-18(3)11-16(19)17-12(2)15-10-13-6-7-14(15)9-13/h12-15H,4-11H2,1-3H3,(H,17,19). The first kappa shape index (κ1) is 14.8. The number of nitrogens with one attached hydrogen (secondary N) is 1. The Morgan fingerprint density at radius 3 is 2.74 bits per heavy atom. The van der Waals surface area contributed by atoms with E-state index in [4.69, 9.17) is 0 Å². The molecule has 0 radical (unpaired) electrons. The van der Waals surface area contributed by atoms with Crippen molar-refractivity contribution in [3.05, 3.63) is 0 Å². The maximum Gasteiger partial charge on any atom is 0.234 e. The summed E-state index contributed by atoms with van der Waals surface area (Å²) in [6.45, 7) is 5.96. The molecule has 2 aliphatic rings. The monoisotopic (exact) mass is 266 g/mol. The quantitative estimate of drug-likeness (QED) is 0.768. The largest absolute Gasteiger partial charge is 0.352 e. The molecule has 0 aromatic carbocycles. The number of amides is 1. The second kappa shape index (κ2) is 6.74. The second-order valence-corrected chi connectivity index (χ2v) is 6.79. The zero-order valence-corrected chi connectivity index (χ0v) is 12.8. The summed E-state index contributed by atoms with van der Waals surface area (Å²) < 4.78 is 0. The molecule has 19 heavy (non-hydrogen) atoms. The van der Waals surface area contributed by atoms with Crippen molar-refractivity contribution in [2.75, 3.05) is 20.1 Å². The van der Waals surface area contributed by atoms with Crippen LogP contribution in [0.5, 0.6) is 0 Å². The van der Waals surface area contributed by atoms with Crippen molar-refractivity contribution in [3.8, 4) is 0 Å². The zero-order valence-electron chi connectivity index (χ0n) is 12.8. The SMILES string of the molecule is CCCCN(C)CC(=O)NC(C)C1CC2CCC1C2. The first-order chi connectivity index (χ1) is 9.10. The van der Waals surface area contributed by atoms with Crippen molar-refractivity contribution in [2.24, 2.45) is 17.8 Å². The van der Waals surface area contributed by atoms with Gasteiger partial charge in [0.05, 0.1) is 6.54 Å². The molecular formula is C16H30N2O. The first-order valence-corrected chi connectivity index (χ1v) is 8.08. The highest BCUT2D eigenvalue weighted by Gasteiger charge is 2.42. The van der Waals surface area contributed by atoms with Gasteiger partial charge in [0.15, 0.2) is 0 Å². The molecule has 0 aromatic heterocycles. The third-order valence-corrected chi connectivity index (χ3v) is 5.13. The van der Waals surface area contributed by atoms with Crippen LogP contribution in [0.2, 0.25) is 0 Å². The van der Waals surface area contributed by atoms with Gasteiger partial charge in [-0.05, 0) is 64.0 Å². The Morgan fingerprint density at radius 1 is 1.37 bits per heavy atom. The maximum atomic E-state index is 12.0. The van der Waals surface area contributed by atoms with Crippen molar-refractivity contribution in [1.82, 2.24) is 10.2 Å². The van der Waals surface area contributed by atoms with Crippen LogP contribution in [0.3, 0.4) is 0 Å². The molecule has 0 saturated heterocycles. The van der Waals surface area contributed by atoms with Crippen LogP contribution in [0.1, 0.15) is 52.4 Å². The van der Waals surface area contributed by atoms with Crippen LogP contribution in [0.4, 0.5) is 0 Å². The van der Waals surface area contributed by atoms with E-state index in [0.717, 1.165) is 24.3 Å². The van der Waals surface area contributed by atoms with E-state index >= 15 is 0 Å². The van der Waals surface area contributed by atoms with Gasteiger partial charge in [-0.15, -0.1) is 0 Å². The van der Waals surface area contributed by atoms with Crippen LogP contribution in [-0.2, 0) is 4.79 Å². The molecule has 0 aliphatic heterocycles. The molecule has 2 saturated carbocycles. The van der Waals surface area contributed by atoms with Crippen molar-refractivity contribution in [2.45, 2.75) is 58.4 Å². The summed E-state index contributed by atoms with van der Waals surface area (Å²) in [6, 6.07) is 0.363. The van der Waals surface area contributed by atoms with Crippen LogP contribution < -0.4 is 5.32 Å². The van der Waals surface area contributed by atoms with Crippen molar-refractivity contribution in [3.63, 3.8) is 0 Å². The Morgan fingerprint density at radius 2 is 2.16 bits per heavy atom. The number of fused-ring (bicyclic) bond motifs is 2. The third-order valence-electron chi connectivity index (χ3n) is 5.13. The number of hydrogen-bond acceptors (Lipinski definition) is 2. The number of unbranched alkanes of at least 4 members (excludes halogenated alkanes) is 1. The fourth-order valence-corrected chi connectivity index (χ4v) is 4.07. The molecule has 4 unspecified atom stereocenters. The Bertz CT molecular complexity index is 305. The number of carbonyl (C=O) groups excluding carboxylic acids is 1. The molecule has 4 atom stereocenters. The number of rotatable bonds is 7. The van der Waals surface area contributed by atoms with Gasteiger partial charge >= 0.3 is 0 Å². The fraction of sp³-hybridized carbons (Fsp3) is 0.938. The predicted molar refractivity (Wildman–Crippen MR) is 78.9 cm³/mol. The minimum atomic E-state index is 0.203. The minimum Gasteiger partial charge on any atom is -0.352 e. The van der Waals surface area contributed by atoms with Crippen LogP contribution in [-0.4, -0.2) is 37.0 Å². The lowest BCUT2D eigenvalue weighted by Gasteiger charge is -2.29. The maximum absolute atomic E-state index is 12.0. The van der Waals surface area contributed by atoms with Gasteiger partial charge in [-0.25, -0.2) is 0 Å². The summed E-state index contributed by atoms with van der Waals surface area (Å²) in [5, 5.41) is 3.23. The van der Waals surface area contributed by atoms with Gasteiger partial charge in [0.25, 0.3) is 0 Å². The molecule has 1 N–H and O–H groups in total. The lowest BCUT2D eigenvalue weighted by molar-refractivity contribution is -0.123. The Balaban J connectivity index is 1.70. The van der Waals surface area contributed by atoms with Gasteiger partial charge in [-0.2, -0.15) is 0 Å². The zero-order chi connectivity index (χ0) is 13.8. The van der Waals surface area contributed by atoms with Crippen LogP contribution in [0, 0.1) is 17.8 Å². The summed E-state index contributed by atoms with van der Waals surface area (Å²) in [6.07, 6.45) is 7.95. The topological polar surface area (TPSA) is 32.3 Å². The minimum absolute atomic E-state index is 0.203. The Labute approximate surface area is 118 Å². The lowest BCUT2D eigenvalue weighted by Crippen LogP contribution is -2.44. The smallest absolute Gasteiger partial charge is 0.234 e. The highest BCUT2D eigenvalue weighted by Crippen LogP contribution is 2.49. The van der Waals surface area contributed by atoms with E-state index in [1.807, 2.05) is 7.05 Å². The van der Waals surface area contributed by atoms with E-state index in [9.17, 15) is 4.79 Å². The van der Waals surface area contributed by atoms with Gasteiger partial charge < -0.3 is 5.32 Å². The fourth-order valence-electron chi connectivity index (χ4n) is 4.07. The number of nitrogens with zero attached hydrogens (tertiary/aromatic N) is 1. The van der Waals surface area contributed by atoms with E-state index in [-0.39, 0.29) is 5.91 Å². The van der Waals surface area contributed by atoms with Gasteiger partial charge in [-0.1, -0.05) is 19.8 Å². The molecule has 0 spiro atoms. The normalized spacial score (nSPS) is 30.8. The summed E-state index contributed by atoms with van der Waals surface area (Å²) in [4.78, 5) is 14.2. The van der Waals surface area contributed by atoms with Gasteiger partial charge in [0.2, 0.25) is 5.91 Å². The lowest BCUT2D eigenvalue weighted by atomic mass is 9.84. The summed E-state index contributed by atoms with van der Waals surface area (Å²) >= 11 is 0. The molecule has 2 bridgehead atoms. The Hall–Kier alpha value is -0.570. The third kappa shape index (κ3) is 3.95. The molecule has 3 heteroatoms. The second-order valence-electron chi connectivity index (χ2n) is 6.79. The molecule has 110 valence electrons. The summed E-state index contributed by atoms with van der Waals surface area (Å²) in [7, 11) is 2.04. The van der Waals surface area contributed by atoms with Crippen LogP contribution in [0.15, 0.2) is 0 Å². The molecule has 0 heterocycles. The summed E-state index contributed by atoms with van der Waals surface area (Å²) in [5.41, 5.74) is 0. The van der Waals surface area contributed by atoms with Crippen molar-refractivity contribution in [1.29, 1.82) is 0 Å². The van der Waals surface area contributed by atoms with Crippen molar-refractivity contribution < 1.29 is 4.79 Å². The van der Waals surface area contributed by atoms with E-state index in [1.165, 1.54) is 38.5 Å². The molecule has 0 aromatic rings. The highest BCUT2D eigenvalue weighted by atomic mass is 16.2. The molecule has 2 fully saturated rings. The van der Waals surface area contributed by atoms with E-state index < -0.39 is 0 Å². The van der Waals surface area contributed by atoms with Crippen LogP contribution >= 0.6 is 0 Å². The van der Waals surface area contributed by atoms with Gasteiger partial charge in [0.1, 0.15) is 0 Å². The van der Waals surface area contributed by atoms with Gasteiger partial charge in [-0.3, -0.25) is 9.69 Å². The van der Waals surface area contributed by atoms with Crippen molar-refractivity contribution >= 4 is 5.91 Å². The average Bonchev–Trinajstić information content (AvgIpc) is 2.98. The van der Waals surface area contributed by atoms with E-state index in [0.29, 0.717) is 12.6 Å². The van der Waals surface area contributed by atoms with Crippen LogP contribution in [0.25, 0.3) is 0 Å². The molecular weight excluding hydrogens is 236 g/mol. The molecule has 2 rings (SSSR count). The molecule has 2 aliphatic carbocycles. The highest BCUT2D eigenvalue weighted by molar-refractivity contribution is 5.78. The average molecular weight is 266 g/mol.